The number of aromatic nitrogens is 3. The number of cyclic esters (lactones) is 1. The van der Waals surface area contributed by atoms with E-state index in [0.29, 0.717) is 30.5 Å². The maximum Gasteiger partial charge on any atom is 0.309 e. The second-order valence-corrected chi connectivity index (χ2v) is 15.6. The van der Waals surface area contributed by atoms with Crippen LogP contribution in [0.5, 0.6) is 0 Å². The fraction of sp³-hybridized carbons (Fsp3) is 0.667. The standard InChI is InChI=1S/C30H44N4O7S2/c1-17-9-8-10-22-23(34(22)43(39,40)26-14-33(7)16-31-26)12-24(18(2)11-21-15-42-20(4)32-21)41-27(36)13-25(35)30(5,6)29(38)19(3)28(17)37/h11,14-17,19,22-25,28,35,37H,8-10,12-13H2,1-7H3/t17-,19+,22+,23+,24-,25-,28-,34?/m1/s1. The average molecular weight is 637 g/mol. The molecule has 2 aromatic rings. The first-order valence-electron chi connectivity index (χ1n) is 14.8. The summed E-state index contributed by atoms with van der Waals surface area (Å²) in [5.41, 5.74) is 0.0988. The number of esters is 1. The van der Waals surface area contributed by atoms with E-state index in [1.54, 1.807) is 32.4 Å². The average Bonchev–Trinajstić information content (AvgIpc) is 3.19. The summed E-state index contributed by atoms with van der Waals surface area (Å²) in [4.78, 5) is 35.2. The van der Waals surface area contributed by atoms with Crippen LogP contribution in [-0.2, 0) is 31.4 Å². The molecule has 13 heteroatoms. The van der Waals surface area contributed by atoms with Crippen molar-refractivity contribution in [2.75, 3.05) is 0 Å². The molecule has 2 N–H and O–H groups in total. The lowest BCUT2D eigenvalue weighted by Crippen LogP contribution is -2.45. The number of fused-ring (bicyclic) bond motifs is 1. The first-order valence-corrected chi connectivity index (χ1v) is 17.1. The molecule has 4 heterocycles. The lowest BCUT2D eigenvalue weighted by atomic mass is 9.73. The summed E-state index contributed by atoms with van der Waals surface area (Å²) in [7, 11) is -2.21. The SMILES string of the molecule is CC(=Cc1csc(C)n1)[C@H]1C[C@H]2[C@H](CCC[C@@H](C)[C@@H](O)[C@H](C)C(=O)C(C)(C)[C@H](O)CC(=O)O1)N2S(=O)(=O)c1cn(C)cn1. The summed E-state index contributed by atoms with van der Waals surface area (Å²) in [6.07, 6.45) is 3.17. The van der Waals surface area contributed by atoms with E-state index < -0.39 is 58.1 Å². The number of hydrogen-bond acceptors (Lipinski definition) is 10. The van der Waals surface area contributed by atoms with E-state index >= 15 is 0 Å². The van der Waals surface area contributed by atoms with E-state index in [-0.39, 0.29) is 29.2 Å². The number of Topliss-reactive ketones (excluding diaryl/α,β-unsaturated/α-hetero) is 1. The molecule has 0 aliphatic carbocycles. The van der Waals surface area contributed by atoms with Crippen LogP contribution < -0.4 is 0 Å². The third kappa shape index (κ3) is 7.28. The van der Waals surface area contributed by atoms with Crippen molar-refractivity contribution in [2.24, 2.45) is 24.3 Å². The van der Waals surface area contributed by atoms with Crippen molar-refractivity contribution >= 4 is 39.2 Å². The van der Waals surface area contributed by atoms with Gasteiger partial charge in [-0.15, -0.1) is 11.3 Å². The number of sulfonamides is 1. The van der Waals surface area contributed by atoms with Crippen molar-refractivity contribution < 1.29 is 33.0 Å². The zero-order chi connectivity index (χ0) is 31.9. The summed E-state index contributed by atoms with van der Waals surface area (Å²) in [6, 6.07) is -0.788. The third-order valence-corrected chi connectivity index (χ3v) is 11.6. The molecule has 0 spiro atoms. The number of ketones is 1. The molecule has 11 nitrogen and oxygen atoms in total. The number of aliphatic hydroxyl groups is 2. The molecule has 2 aliphatic heterocycles. The Labute approximate surface area is 258 Å². The largest absolute Gasteiger partial charge is 0.458 e. The van der Waals surface area contributed by atoms with Crippen LogP contribution in [0.3, 0.4) is 0 Å². The highest BCUT2D eigenvalue weighted by Crippen LogP contribution is 2.43. The van der Waals surface area contributed by atoms with E-state index in [9.17, 15) is 28.2 Å². The van der Waals surface area contributed by atoms with Crippen LogP contribution in [0.25, 0.3) is 6.08 Å². The Hall–Kier alpha value is -2.45. The summed E-state index contributed by atoms with van der Waals surface area (Å²) in [6.45, 7) is 10.4. The Morgan fingerprint density at radius 2 is 1.88 bits per heavy atom. The molecule has 0 radical (unpaired) electrons. The summed E-state index contributed by atoms with van der Waals surface area (Å²) in [5, 5.41) is 24.8. The minimum Gasteiger partial charge on any atom is -0.458 e. The van der Waals surface area contributed by atoms with Gasteiger partial charge in [0.1, 0.15) is 11.9 Å². The summed E-state index contributed by atoms with van der Waals surface area (Å²) >= 11 is 1.49. The molecule has 1 unspecified atom stereocenters. The van der Waals surface area contributed by atoms with E-state index in [2.05, 4.69) is 9.97 Å². The Kier molecular flexibility index (Phi) is 10.0. The van der Waals surface area contributed by atoms with E-state index in [1.807, 2.05) is 32.2 Å². The lowest BCUT2D eigenvalue weighted by molar-refractivity contribution is -0.154. The second-order valence-electron chi connectivity index (χ2n) is 12.7. The van der Waals surface area contributed by atoms with Crippen LogP contribution in [0, 0.1) is 24.2 Å². The minimum atomic E-state index is -3.91. The number of aryl methyl sites for hydroxylation is 2. The van der Waals surface area contributed by atoms with Crippen LogP contribution >= 0.6 is 11.3 Å². The van der Waals surface area contributed by atoms with Crippen molar-refractivity contribution in [3.05, 3.63) is 34.2 Å². The predicted octanol–water partition coefficient (Wildman–Crippen LogP) is 3.50. The Bertz CT molecular complexity index is 1460. The molecule has 2 aromatic heterocycles. The number of hydrogen-bond donors (Lipinski definition) is 2. The minimum absolute atomic E-state index is 0.0476. The Morgan fingerprint density at radius 1 is 1.19 bits per heavy atom. The maximum absolute atomic E-state index is 13.7. The van der Waals surface area contributed by atoms with Crippen molar-refractivity contribution in [1.29, 1.82) is 0 Å². The van der Waals surface area contributed by atoms with Crippen LogP contribution in [0.1, 0.15) is 77.4 Å². The van der Waals surface area contributed by atoms with Gasteiger partial charge in [0.15, 0.2) is 5.03 Å². The molecule has 0 amide bonds. The predicted molar refractivity (Wildman–Crippen MR) is 162 cm³/mol. The van der Waals surface area contributed by atoms with Gasteiger partial charge in [0.25, 0.3) is 10.0 Å². The quantitative estimate of drug-likeness (QED) is 0.380. The van der Waals surface area contributed by atoms with Crippen molar-refractivity contribution in [3.8, 4) is 0 Å². The number of thiazole rings is 1. The smallest absolute Gasteiger partial charge is 0.309 e. The van der Waals surface area contributed by atoms with Crippen LogP contribution in [0.2, 0.25) is 0 Å². The van der Waals surface area contributed by atoms with Gasteiger partial charge >= 0.3 is 5.97 Å². The van der Waals surface area contributed by atoms with Crippen molar-refractivity contribution in [1.82, 2.24) is 18.8 Å². The number of carbonyl (C=O) groups excluding carboxylic acids is 2. The number of imidazole rings is 1. The second kappa shape index (κ2) is 12.9. The van der Waals surface area contributed by atoms with E-state index in [0.717, 1.165) is 5.01 Å². The number of ether oxygens (including phenoxy) is 1. The van der Waals surface area contributed by atoms with Gasteiger partial charge < -0.3 is 19.5 Å². The van der Waals surface area contributed by atoms with Crippen molar-refractivity contribution in [3.63, 3.8) is 0 Å². The zero-order valence-corrected chi connectivity index (χ0v) is 27.6. The van der Waals surface area contributed by atoms with Gasteiger partial charge in [0.05, 0.1) is 41.1 Å². The van der Waals surface area contributed by atoms with Gasteiger partial charge in [-0.05, 0) is 44.3 Å². The lowest BCUT2D eigenvalue weighted by Gasteiger charge is -2.34. The Morgan fingerprint density at radius 3 is 2.49 bits per heavy atom. The normalized spacial score (nSPS) is 33.1. The van der Waals surface area contributed by atoms with Gasteiger partial charge in [-0.1, -0.05) is 34.1 Å². The monoisotopic (exact) mass is 636 g/mol. The molecule has 43 heavy (non-hydrogen) atoms. The molecule has 4 rings (SSSR count). The molecule has 2 saturated heterocycles. The Balaban J connectivity index is 1.69. The highest BCUT2D eigenvalue weighted by atomic mass is 32.2. The molecule has 8 atom stereocenters. The van der Waals surface area contributed by atoms with E-state index in [4.69, 9.17) is 4.74 Å². The molecule has 2 aliphatic rings. The van der Waals surface area contributed by atoms with E-state index in [1.165, 1.54) is 28.2 Å². The van der Waals surface area contributed by atoms with Crippen molar-refractivity contribution in [2.45, 2.75) is 109 Å². The summed E-state index contributed by atoms with van der Waals surface area (Å²) in [5.74, 6) is -2.04. The maximum atomic E-state index is 13.7. The van der Waals surface area contributed by atoms with Gasteiger partial charge in [-0.2, -0.15) is 4.31 Å². The van der Waals surface area contributed by atoms with Crippen LogP contribution in [0.4, 0.5) is 0 Å². The molecule has 0 aromatic carbocycles. The number of rotatable bonds is 4. The molecular weight excluding hydrogens is 592 g/mol. The van der Waals surface area contributed by atoms with Gasteiger partial charge in [0.2, 0.25) is 0 Å². The molecule has 238 valence electrons. The fourth-order valence-corrected chi connectivity index (χ4v) is 8.43. The zero-order valence-electron chi connectivity index (χ0n) is 25.9. The first-order chi connectivity index (χ1) is 20.0. The van der Waals surface area contributed by atoms with Gasteiger partial charge in [-0.3, -0.25) is 9.59 Å². The highest BCUT2D eigenvalue weighted by molar-refractivity contribution is 7.89. The number of carbonyl (C=O) groups is 2. The number of nitrogens with zero attached hydrogens (tertiary/aromatic N) is 4. The van der Waals surface area contributed by atoms with Gasteiger partial charge in [-0.25, -0.2) is 18.4 Å². The highest BCUT2D eigenvalue weighted by Gasteiger charge is 2.56. The van der Waals surface area contributed by atoms with Crippen LogP contribution in [0.15, 0.2) is 28.5 Å². The molecule has 2 fully saturated rings. The number of aliphatic hydroxyl groups excluding tert-OH is 2. The molecule has 0 saturated carbocycles. The fourth-order valence-electron chi connectivity index (χ4n) is 6.03. The summed E-state index contributed by atoms with van der Waals surface area (Å²) < 4.78 is 36.3. The molecule has 0 bridgehead atoms. The van der Waals surface area contributed by atoms with Gasteiger partial charge in [0, 0.05) is 43.0 Å². The molecular formula is C30H44N4O7S2. The van der Waals surface area contributed by atoms with Crippen LogP contribution in [-0.4, -0.2) is 79.6 Å². The topological polar surface area (TPSA) is 152 Å². The first kappa shape index (κ1) is 33.4. The third-order valence-electron chi connectivity index (χ3n) is 8.98.